The van der Waals surface area contributed by atoms with E-state index in [1.807, 2.05) is 0 Å². The summed E-state index contributed by atoms with van der Waals surface area (Å²) in [5.74, 6) is 1.02. The van der Waals surface area contributed by atoms with E-state index in [4.69, 9.17) is 4.43 Å². The van der Waals surface area contributed by atoms with E-state index in [9.17, 15) is 5.11 Å². The third-order valence-electron chi connectivity index (χ3n) is 5.03. The maximum absolute atomic E-state index is 9.43. The molecule has 126 valence electrons. The van der Waals surface area contributed by atoms with Gasteiger partial charge in [0.2, 0.25) is 8.32 Å². The molecular weight excluding hydrogens is 288 g/mol. The van der Waals surface area contributed by atoms with E-state index in [0.717, 1.165) is 12.2 Å². The van der Waals surface area contributed by atoms with E-state index in [-0.39, 0.29) is 17.1 Å². The van der Waals surface area contributed by atoms with Crippen LogP contribution in [0.2, 0.25) is 18.1 Å². The number of benzene rings is 1. The van der Waals surface area contributed by atoms with Gasteiger partial charge in [-0.1, -0.05) is 40.7 Å². The quantitative estimate of drug-likeness (QED) is 0.741. The highest BCUT2D eigenvalue weighted by atomic mass is 28.4. The molecule has 0 saturated carbocycles. The average molecular weight is 323 g/mol. The third kappa shape index (κ3) is 4.14. The Kier molecular flexibility index (Phi) is 5.57. The van der Waals surface area contributed by atoms with Gasteiger partial charge in [-0.25, -0.2) is 0 Å². The molecule has 0 atom stereocenters. The van der Waals surface area contributed by atoms with Gasteiger partial charge in [0.1, 0.15) is 5.75 Å². The summed E-state index contributed by atoms with van der Waals surface area (Å²) >= 11 is 0. The second-order valence-corrected chi connectivity index (χ2v) is 13.4. The van der Waals surface area contributed by atoms with Crippen molar-refractivity contribution in [3.05, 3.63) is 28.8 Å². The Balaban J connectivity index is 3.42. The Labute approximate surface area is 138 Å². The van der Waals surface area contributed by atoms with Crippen molar-refractivity contribution in [3.63, 3.8) is 0 Å². The molecule has 1 N–H and O–H groups in total. The Hall–Kier alpha value is -0.803. The summed E-state index contributed by atoms with van der Waals surface area (Å²) in [7, 11) is -1.89. The molecule has 0 saturated heterocycles. The van der Waals surface area contributed by atoms with Crippen LogP contribution in [-0.2, 0) is 5.41 Å². The summed E-state index contributed by atoms with van der Waals surface area (Å²) in [6.45, 7) is 20.2. The Bertz CT molecular complexity index is 525. The highest BCUT2D eigenvalue weighted by molar-refractivity contribution is 6.74. The van der Waals surface area contributed by atoms with Crippen LogP contribution < -0.4 is 4.43 Å². The first-order valence-electron chi connectivity index (χ1n) is 8.23. The van der Waals surface area contributed by atoms with Crippen molar-refractivity contribution in [2.45, 2.75) is 78.4 Å². The molecule has 0 aliphatic heterocycles. The van der Waals surface area contributed by atoms with E-state index in [1.165, 1.54) is 16.7 Å². The molecule has 0 spiro atoms. The van der Waals surface area contributed by atoms with Crippen molar-refractivity contribution >= 4 is 8.32 Å². The minimum Gasteiger partial charge on any atom is -0.543 e. The van der Waals surface area contributed by atoms with Gasteiger partial charge in [0.25, 0.3) is 0 Å². The lowest BCUT2D eigenvalue weighted by atomic mass is 9.78. The molecule has 0 bridgehead atoms. The highest BCUT2D eigenvalue weighted by Gasteiger charge is 2.40. The number of aliphatic hydroxyl groups excluding tert-OH is 1. The molecule has 22 heavy (non-hydrogen) atoms. The minimum absolute atomic E-state index is 0.0930. The molecule has 1 aromatic carbocycles. The van der Waals surface area contributed by atoms with Crippen molar-refractivity contribution < 1.29 is 9.53 Å². The fourth-order valence-electron chi connectivity index (χ4n) is 2.71. The van der Waals surface area contributed by atoms with E-state index in [1.54, 1.807) is 0 Å². The predicted molar refractivity (Wildman–Crippen MR) is 98.5 cm³/mol. The van der Waals surface area contributed by atoms with Crippen LogP contribution in [-0.4, -0.2) is 20.0 Å². The normalized spacial score (nSPS) is 13.4. The van der Waals surface area contributed by atoms with E-state index in [2.05, 4.69) is 73.7 Å². The maximum Gasteiger partial charge on any atom is 0.250 e. The van der Waals surface area contributed by atoms with Crippen LogP contribution in [0, 0.1) is 13.8 Å². The number of aliphatic hydroxyl groups is 1. The predicted octanol–water partition coefficient (Wildman–Crippen LogP) is 5.35. The van der Waals surface area contributed by atoms with E-state index in [0.29, 0.717) is 0 Å². The van der Waals surface area contributed by atoms with Crippen molar-refractivity contribution in [2.75, 3.05) is 6.61 Å². The first kappa shape index (κ1) is 19.2. The molecule has 2 nitrogen and oxygen atoms in total. The van der Waals surface area contributed by atoms with Gasteiger partial charge in [-0.05, 0) is 61.0 Å². The highest BCUT2D eigenvalue weighted by Crippen LogP contribution is 2.42. The van der Waals surface area contributed by atoms with Crippen LogP contribution in [0.3, 0.4) is 0 Å². The standard InChI is InChI=1S/C19H34O2Si/c1-14-12-15(2)17(19(6,7)10-11-20)16(13-14)21-22(8,9)18(3,4)5/h12-13,20H,10-11H2,1-9H3. The first-order valence-corrected chi connectivity index (χ1v) is 11.1. The minimum atomic E-state index is -1.89. The number of hydrogen-bond acceptors (Lipinski definition) is 2. The zero-order chi connectivity index (χ0) is 17.3. The molecular formula is C19H34O2Si. The lowest BCUT2D eigenvalue weighted by Gasteiger charge is -2.39. The smallest absolute Gasteiger partial charge is 0.250 e. The second-order valence-electron chi connectivity index (χ2n) is 8.67. The first-order chi connectivity index (χ1) is 9.82. The lowest BCUT2D eigenvalue weighted by molar-refractivity contribution is 0.250. The number of hydrogen-bond donors (Lipinski definition) is 1. The van der Waals surface area contributed by atoms with Gasteiger partial charge in [-0.15, -0.1) is 0 Å². The second kappa shape index (κ2) is 6.36. The molecule has 0 radical (unpaired) electrons. The SMILES string of the molecule is Cc1cc(C)c(C(C)(C)CCO)c(O[Si](C)(C)C(C)(C)C)c1. The van der Waals surface area contributed by atoms with E-state index >= 15 is 0 Å². The summed E-state index contributed by atoms with van der Waals surface area (Å²) in [5, 5.41) is 9.60. The van der Waals surface area contributed by atoms with Crippen molar-refractivity contribution in [1.82, 2.24) is 0 Å². The fourth-order valence-corrected chi connectivity index (χ4v) is 3.73. The summed E-state index contributed by atoms with van der Waals surface area (Å²) in [6, 6.07) is 4.38. The topological polar surface area (TPSA) is 29.5 Å². The van der Waals surface area contributed by atoms with Gasteiger partial charge >= 0.3 is 0 Å². The third-order valence-corrected chi connectivity index (χ3v) is 9.37. The van der Waals surface area contributed by atoms with Crippen LogP contribution in [0.25, 0.3) is 0 Å². The molecule has 0 aliphatic carbocycles. The summed E-state index contributed by atoms with van der Waals surface area (Å²) in [5.41, 5.74) is 3.64. The van der Waals surface area contributed by atoms with Crippen LogP contribution in [0.4, 0.5) is 0 Å². The molecule has 1 aromatic rings. The van der Waals surface area contributed by atoms with E-state index < -0.39 is 8.32 Å². The summed E-state index contributed by atoms with van der Waals surface area (Å²) in [6.07, 6.45) is 0.741. The Morgan fingerprint density at radius 1 is 1.05 bits per heavy atom. The molecule has 0 amide bonds. The molecule has 0 heterocycles. The summed E-state index contributed by atoms with van der Waals surface area (Å²) in [4.78, 5) is 0. The molecule has 0 unspecified atom stereocenters. The van der Waals surface area contributed by atoms with Gasteiger partial charge in [0, 0.05) is 12.2 Å². The van der Waals surface area contributed by atoms with Crippen LogP contribution in [0.5, 0.6) is 5.75 Å². The van der Waals surface area contributed by atoms with Crippen LogP contribution in [0.15, 0.2) is 12.1 Å². The van der Waals surface area contributed by atoms with Crippen LogP contribution >= 0.6 is 0 Å². The van der Waals surface area contributed by atoms with Crippen molar-refractivity contribution in [3.8, 4) is 5.75 Å². The Morgan fingerprint density at radius 3 is 2.05 bits per heavy atom. The van der Waals surface area contributed by atoms with Gasteiger partial charge < -0.3 is 9.53 Å². The largest absolute Gasteiger partial charge is 0.543 e. The maximum atomic E-state index is 9.43. The molecule has 0 aliphatic rings. The van der Waals surface area contributed by atoms with Crippen LogP contribution in [0.1, 0.15) is 57.7 Å². The molecule has 0 fully saturated rings. The van der Waals surface area contributed by atoms with Crippen molar-refractivity contribution in [1.29, 1.82) is 0 Å². The van der Waals surface area contributed by atoms with Gasteiger partial charge in [0.05, 0.1) is 0 Å². The van der Waals surface area contributed by atoms with Gasteiger partial charge in [0.15, 0.2) is 0 Å². The molecule has 1 rings (SSSR count). The number of aryl methyl sites for hydroxylation is 2. The van der Waals surface area contributed by atoms with Gasteiger partial charge in [-0.2, -0.15) is 0 Å². The fraction of sp³-hybridized carbons (Fsp3) is 0.684. The molecule has 3 heteroatoms. The Morgan fingerprint density at radius 2 is 1.59 bits per heavy atom. The zero-order valence-corrected chi connectivity index (χ0v) is 16.9. The van der Waals surface area contributed by atoms with Crippen molar-refractivity contribution in [2.24, 2.45) is 0 Å². The lowest BCUT2D eigenvalue weighted by Crippen LogP contribution is -2.44. The van der Waals surface area contributed by atoms with Gasteiger partial charge in [-0.3, -0.25) is 0 Å². The average Bonchev–Trinajstić information content (AvgIpc) is 2.24. The summed E-state index contributed by atoms with van der Waals surface area (Å²) < 4.78 is 6.65. The molecule has 0 aromatic heterocycles. The zero-order valence-electron chi connectivity index (χ0n) is 15.9. The number of rotatable bonds is 5. The monoisotopic (exact) mass is 322 g/mol.